The van der Waals surface area contributed by atoms with Crippen LogP contribution in [-0.4, -0.2) is 31.2 Å². The zero-order chi connectivity index (χ0) is 24.4. The molecule has 0 amide bonds. The Balaban J connectivity index is 1.36. The topological polar surface area (TPSA) is 81.2 Å². The molecule has 1 N–H and O–H groups in total. The predicted octanol–water partition coefficient (Wildman–Crippen LogP) is 5.75. The fourth-order valence-corrected chi connectivity index (χ4v) is 4.90. The average molecular weight is 506 g/mol. The fourth-order valence-electron chi connectivity index (χ4n) is 4.38. The molecule has 178 valence electrons. The minimum Gasteiger partial charge on any atom is -0.324 e. The van der Waals surface area contributed by atoms with Crippen molar-refractivity contribution in [1.82, 2.24) is 9.97 Å². The lowest BCUT2D eigenvalue weighted by molar-refractivity contribution is 0.326. The van der Waals surface area contributed by atoms with E-state index >= 15 is 0 Å². The molecule has 1 unspecified atom stereocenters. The van der Waals surface area contributed by atoms with E-state index in [0.29, 0.717) is 12.4 Å². The molecule has 35 heavy (non-hydrogen) atoms. The molecule has 0 radical (unpaired) electrons. The Morgan fingerprint density at radius 3 is 2.51 bits per heavy atom. The molecule has 3 aromatic carbocycles. The number of rotatable bonds is 7. The first-order valence-electron chi connectivity index (χ1n) is 11.3. The van der Waals surface area contributed by atoms with Crippen LogP contribution in [0, 0.1) is 0 Å². The number of benzene rings is 3. The van der Waals surface area contributed by atoms with Gasteiger partial charge in [-0.05, 0) is 59.4 Å². The summed E-state index contributed by atoms with van der Waals surface area (Å²) in [5.74, 6) is 0.745. The van der Waals surface area contributed by atoms with Gasteiger partial charge in [-0.1, -0.05) is 60.1 Å². The molecule has 1 atom stereocenters. The summed E-state index contributed by atoms with van der Waals surface area (Å²) < 4.78 is 27.0. The van der Waals surface area contributed by atoms with E-state index < -0.39 is 10.1 Å². The predicted molar refractivity (Wildman–Crippen MR) is 139 cm³/mol. The summed E-state index contributed by atoms with van der Waals surface area (Å²) in [6, 6.07) is 24.1. The van der Waals surface area contributed by atoms with Crippen LogP contribution in [0.25, 0.3) is 11.3 Å². The smallest absolute Gasteiger partial charge is 0.264 e. The molecule has 1 aliphatic carbocycles. The van der Waals surface area contributed by atoms with Gasteiger partial charge in [-0.2, -0.15) is 8.42 Å². The van der Waals surface area contributed by atoms with Crippen LogP contribution in [0.3, 0.4) is 0 Å². The quantitative estimate of drug-likeness (QED) is 0.322. The lowest BCUT2D eigenvalue weighted by Gasteiger charge is -2.27. The lowest BCUT2D eigenvalue weighted by Crippen LogP contribution is -2.15. The highest BCUT2D eigenvalue weighted by molar-refractivity contribution is 7.85. The highest BCUT2D eigenvalue weighted by Gasteiger charge is 2.27. The summed E-state index contributed by atoms with van der Waals surface area (Å²) >= 11 is 6.11. The van der Waals surface area contributed by atoms with Gasteiger partial charge in [0.2, 0.25) is 5.95 Å². The number of fused-ring (bicyclic) bond motifs is 3. The highest BCUT2D eigenvalue weighted by Crippen LogP contribution is 2.42. The maximum absolute atomic E-state index is 11.1. The van der Waals surface area contributed by atoms with Crippen LogP contribution >= 0.6 is 11.6 Å². The van der Waals surface area contributed by atoms with Gasteiger partial charge in [-0.3, -0.25) is 4.18 Å². The first kappa shape index (κ1) is 23.5. The molecular formula is C27H24ClN3O3S. The van der Waals surface area contributed by atoms with E-state index in [-0.39, 0.29) is 12.5 Å². The first-order valence-corrected chi connectivity index (χ1v) is 13.5. The van der Waals surface area contributed by atoms with Crippen LogP contribution < -0.4 is 5.32 Å². The molecule has 0 fully saturated rings. The first-order chi connectivity index (χ1) is 16.9. The van der Waals surface area contributed by atoms with Crippen molar-refractivity contribution in [2.45, 2.75) is 18.8 Å². The third kappa shape index (κ3) is 5.53. The van der Waals surface area contributed by atoms with Crippen LogP contribution in [-0.2, 0) is 27.1 Å². The molecule has 0 spiro atoms. The molecule has 1 aromatic heterocycles. The summed E-state index contributed by atoms with van der Waals surface area (Å²) in [7, 11) is -3.43. The molecule has 1 aliphatic rings. The van der Waals surface area contributed by atoms with Crippen LogP contribution in [0.5, 0.6) is 0 Å². The average Bonchev–Trinajstić information content (AvgIpc) is 2.85. The Morgan fingerprint density at radius 1 is 1.03 bits per heavy atom. The van der Waals surface area contributed by atoms with Gasteiger partial charge in [0, 0.05) is 28.4 Å². The summed E-state index contributed by atoms with van der Waals surface area (Å²) in [5.41, 5.74) is 7.45. The third-order valence-electron chi connectivity index (χ3n) is 6.05. The maximum Gasteiger partial charge on any atom is 0.264 e. The van der Waals surface area contributed by atoms with E-state index in [4.69, 9.17) is 20.8 Å². The molecule has 6 nitrogen and oxygen atoms in total. The van der Waals surface area contributed by atoms with Gasteiger partial charge in [0.1, 0.15) is 0 Å². The van der Waals surface area contributed by atoms with Gasteiger partial charge in [0.25, 0.3) is 10.1 Å². The second-order valence-electron chi connectivity index (χ2n) is 8.56. The number of hydrogen-bond acceptors (Lipinski definition) is 6. The van der Waals surface area contributed by atoms with Gasteiger partial charge >= 0.3 is 0 Å². The van der Waals surface area contributed by atoms with Crippen molar-refractivity contribution in [1.29, 1.82) is 0 Å². The van der Waals surface area contributed by atoms with Crippen molar-refractivity contribution in [3.8, 4) is 11.3 Å². The Bertz CT molecular complexity index is 1460. The zero-order valence-electron chi connectivity index (χ0n) is 19.1. The minimum absolute atomic E-state index is 0.121. The molecule has 0 aliphatic heterocycles. The van der Waals surface area contributed by atoms with Crippen LogP contribution in [0.1, 0.15) is 28.2 Å². The summed E-state index contributed by atoms with van der Waals surface area (Å²) in [4.78, 5) is 9.43. The Labute approximate surface area is 210 Å². The van der Waals surface area contributed by atoms with E-state index in [0.717, 1.165) is 45.8 Å². The number of halogens is 1. The largest absolute Gasteiger partial charge is 0.324 e. The van der Waals surface area contributed by atoms with E-state index in [1.54, 1.807) is 0 Å². The normalized spacial score (nSPS) is 14.7. The number of anilines is 2. The minimum atomic E-state index is -3.43. The van der Waals surface area contributed by atoms with Crippen LogP contribution in [0.4, 0.5) is 11.6 Å². The third-order valence-corrected chi connectivity index (χ3v) is 6.90. The van der Waals surface area contributed by atoms with E-state index in [9.17, 15) is 8.42 Å². The molecule has 4 aromatic rings. The summed E-state index contributed by atoms with van der Waals surface area (Å²) in [6.45, 7) is 0.121. The Kier molecular flexibility index (Phi) is 6.56. The highest BCUT2D eigenvalue weighted by atomic mass is 35.5. The SMILES string of the molecule is CS(=O)(=O)OCCc1ccc(Nc2ncc3c(n2)-c2ccccc2C(c2ccc(Cl)cc2)C3)cc1. The Hall–Kier alpha value is -3.26. The van der Waals surface area contributed by atoms with E-state index in [1.165, 1.54) is 11.1 Å². The summed E-state index contributed by atoms with van der Waals surface area (Å²) in [5, 5.41) is 4.01. The second kappa shape index (κ2) is 9.77. The molecule has 0 bridgehead atoms. The number of aromatic nitrogens is 2. The van der Waals surface area contributed by atoms with Gasteiger partial charge < -0.3 is 5.32 Å². The lowest BCUT2D eigenvalue weighted by atomic mass is 9.78. The van der Waals surface area contributed by atoms with Crippen LogP contribution in [0.2, 0.25) is 5.02 Å². The molecular weight excluding hydrogens is 482 g/mol. The number of hydrogen-bond donors (Lipinski definition) is 1. The molecule has 8 heteroatoms. The number of nitrogens with zero attached hydrogens (tertiary/aromatic N) is 2. The van der Waals surface area contributed by atoms with Crippen LogP contribution in [0.15, 0.2) is 79.0 Å². The van der Waals surface area contributed by atoms with Gasteiger partial charge in [0.05, 0.1) is 18.6 Å². The fraction of sp³-hybridized carbons (Fsp3) is 0.185. The summed E-state index contributed by atoms with van der Waals surface area (Å²) in [6.07, 6.45) is 4.28. The van der Waals surface area contributed by atoms with Crippen molar-refractivity contribution in [3.05, 3.63) is 106 Å². The molecule has 0 saturated heterocycles. The van der Waals surface area contributed by atoms with Crippen molar-refractivity contribution >= 4 is 33.4 Å². The van der Waals surface area contributed by atoms with Gasteiger partial charge in [-0.15, -0.1) is 0 Å². The standard InChI is InChI=1S/C27H24ClN3O3S/c1-35(32,33)34-15-14-18-6-12-22(13-7-18)30-27-29-17-20-16-25(19-8-10-21(28)11-9-19)23-4-2-3-5-24(23)26(20)31-27/h2-13,17,25H,14-16H2,1H3,(H,29,30,31). The van der Waals surface area contributed by atoms with Crippen molar-refractivity contribution in [3.63, 3.8) is 0 Å². The Morgan fingerprint density at radius 2 is 1.77 bits per heavy atom. The number of nitrogens with one attached hydrogen (secondary N) is 1. The van der Waals surface area contributed by atoms with E-state index in [2.05, 4.69) is 40.6 Å². The van der Waals surface area contributed by atoms with Crippen molar-refractivity contribution in [2.24, 2.45) is 0 Å². The maximum atomic E-state index is 11.1. The molecule has 0 saturated carbocycles. The van der Waals surface area contributed by atoms with Gasteiger partial charge in [-0.25, -0.2) is 9.97 Å². The monoisotopic (exact) mass is 505 g/mol. The van der Waals surface area contributed by atoms with Crippen molar-refractivity contribution in [2.75, 3.05) is 18.2 Å². The molecule has 5 rings (SSSR count). The van der Waals surface area contributed by atoms with Crippen molar-refractivity contribution < 1.29 is 12.6 Å². The van der Waals surface area contributed by atoms with E-state index in [1.807, 2.05) is 48.7 Å². The van der Waals surface area contributed by atoms with Gasteiger partial charge in [0.15, 0.2) is 0 Å². The zero-order valence-corrected chi connectivity index (χ0v) is 20.7. The molecule has 1 heterocycles. The second-order valence-corrected chi connectivity index (χ2v) is 10.6.